The number of nitrogen functional groups attached to an aromatic ring is 1. The molecule has 0 radical (unpaired) electrons. The number of nitrogens with two attached hydrogens (primary N) is 1. The van der Waals surface area contributed by atoms with Crippen molar-refractivity contribution in [1.29, 1.82) is 0 Å². The van der Waals surface area contributed by atoms with Crippen LogP contribution in [0.1, 0.15) is 20.8 Å². The summed E-state index contributed by atoms with van der Waals surface area (Å²) in [6.07, 6.45) is 1.53. The standard InChI is InChI=1S/C15H19N7O2S2/c1-15(2,3)22-12(16)19-13(20-22)18-10-4-6-11(7-5-10)26(23,24)21-14-17-8-9-25-14/h4-9H,1-3H3,(H,17,21)(H3,16,18,19,20). The summed E-state index contributed by atoms with van der Waals surface area (Å²) in [5, 5.41) is 9.36. The van der Waals surface area contributed by atoms with Crippen LogP contribution in [0.2, 0.25) is 0 Å². The van der Waals surface area contributed by atoms with Gasteiger partial charge in [0.25, 0.3) is 10.0 Å². The van der Waals surface area contributed by atoms with Gasteiger partial charge < -0.3 is 11.1 Å². The van der Waals surface area contributed by atoms with Gasteiger partial charge in [0.15, 0.2) is 5.13 Å². The maximum atomic E-state index is 12.3. The Bertz CT molecular complexity index is 988. The lowest BCUT2D eigenvalue weighted by atomic mass is 10.1. The van der Waals surface area contributed by atoms with Crippen molar-refractivity contribution in [1.82, 2.24) is 19.7 Å². The average Bonchev–Trinajstić information content (AvgIpc) is 3.16. The summed E-state index contributed by atoms with van der Waals surface area (Å²) in [5.41, 5.74) is 6.23. The zero-order valence-electron chi connectivity index (χ0n) is 14.5. The Morgan fingerprint density at radius 2 is 1.88 bits per heavy atom. The number of thiazole rings is 1. The van der Waals surface area contributed by atoms with Gasteiger partial charge in [0.05, 0.1) is 10.4 Å². The second-order valence-corrected chi connectivity index (χ2v) is 9.05. The second kappa shape index (κ2) is 6.57. The summed E-state index contributed by atoms with van der Waals surface area (Å²) in [4.78, 5) is 8.22. The molecule has 138 valence electrons. The molecule has 4 N–H and O–H groups in total. The maximum absolute atomic E-state index is 12.3. The van der Waals surface area contributed by atoms with E-state index >= 15 is 0 Å². The summed E-state index contributed by atoms with van der Waals surface area (Å²) < 4.78 is 28.7. The first-order chi connectivity index (χ1) is 12.1. The summed E-state index contributed by atoms with van der Waals surface area (Å²) in [6.45, 7) is 5.91. The molecule has 26 heavy (non-hydrogen) atoms. The van der Waals surface area contributed by atoms with Crippen LogP contribution in [-0.2, 0) is 15.6 Å². The minimum atomic E-state index is -3.68. The van der Waals surface area contributed by atoms with Gasteiger partial charge in [-0.1, -0.05) is 0 Å². The zero-order valence-corrected chi connectivity index (χ0v) is 16.1. The highest BCUT2D eigenvalue weighted by Gasteiger charge is 2.20. The Hall–Kier alpha value is -2.66. The number of benzene rings is 1. The number of nitrogens with one attached hydrogen (secondary N) is 2. The predicted molar refractivity (Wildman–Crippen MR) is 102 cm³/mol. The molecule has 0 aliphatic rings. The van der Waals surface area contributed by atoms with Crippen LogP contribution in [0.3, 0.4) is 0 Å². The first-order valence-electron chi connectivity index (χ1n) is 7.67. The normalized spacial score (nSPS) is 12.1. The number of sulfonamides is 1. The number of hydrogen-bond acceptors (Lipinski definition) is 8. The fourth-order valence-electron chi connectivity index (χ4n) is 2.17. The van der Waals surface area contributed by atoms with E-state index < -0.39 is 10.0 Å². The third-order valence-electron chi connectivity index (χ3n) is 3.34. The number of hydrogen-bond donors (Lipinski definition) is 3. The number of nitrogens with zero attached hydrogens (tertiary/aromatic N) is 4. The predicted octanol–water partition coefficient (Wildman–Crippen LogP) is 2.62. The molecule has 1 aromatic carbocycles. The van der Waals surface area contributed by atoms with Gasteiger partial charge in [0.1, 0.15) is 0 Å². The Balaban J connectivity index is 1.76. The van der Waals surface area contributed by atoms with Crippen LogP contribution in [0.5, 0.6) is 0 Å². The van der Waals surface area contributed by atoms with Gasteiger partial charge >= 0.3 is 0 Å². The van der Waals surface area contributed by atoms with Crippen molar-refractivity contribution < 1.29 is 8.42 Å². The van der Waals surface area contributed by atoms with Crippen molar-refractivity contribution >= 4 is 44.1 Å². The molecule has 11 heteroatoms. The summed E-state index contributed by atoms with van der Waals surface area (Å²) in [6, 6.07) is 6.24. The van der Waals surface area contributed by atoms with Gasteiger partial charge in [0.2, 0.25) is 11.9 Å². The highest BCUT2D eigenvalue weighted by molar-refractivity contribution is 7.93. The van der Waals surface area contributed by atoms with E-state index in [0.29, 0.717) is 22.7 Å². The molecule has 2 heterocycles. The van der Waals surface area contributed by atoms with Crippen LogP contribution >= 0.6 is 11.3 Å². The molecule has 9 nitrogen and oxygen atoms in total. The van der Waals surface area contributed by atoms with Gasteiger partial charge in [0, 0.05) is 17.3 Å². The van der Waals surface area contributed by atoms with Crippen molar-refractivity contribution in [2.24, 2.45) is 0 Å². The first kappa shape index (κ1) is 18.1. The van der Waals surface area contributed by atoms with E-state index in [2.05, 4.69) is 25.1 Å². The van der Waals surface area contributed by atoms with Gasteiger partial charge in [-0.05, 0) is 45.0 Å². The zero-order chi connectivity index (χ0) is 18.9. The minimum absolute atomic E-state index is 0.131. The van der Waals surface area contributed by atoms with Crippen LogP contribution in [0, 0.1) is 0 Å². The molecule has 2 aromatic heterocycles. The van der Waals surface area contributed by atoms with Crippen molar-refractivity contribution in [2.45, 2.75) is 31.2 Å². The maximum Gasteiger partial charge on any atom is 0.263 e. The lowest BCUT2D eigenvalue weighted by Crippen LogP contribution is -2.24. The fraction of sp³-hybridized carbons (Fsp3) is 0.267. The van der Waals surface area contributed by atoms with Gasteiger partial charge in [-0.25, -0.2) is 18.1 Å². The third-order valence-corrected chi connectivity index (χ3v) is 5.51. The fourth-order valence-corrected chi connectivity index (χ4v) is 3.95. The molecular formula is C15H19N7O2S2. The van der Waals surface area contributed by atoms with Gasteiger partial charge in [-0.3, -0.25) is 4.72 Å². The van der Waals surface area contributed by atoms with Gasteiger partial charge in [-0.15, -0.1) is 16.4 Å². The van der Waals surface area contributed by atoms with E-state index in [1.165, 1.54) is 29.7 Å². The van der Waals surface area contributed by atoms with E-state index in [1.807, 2.05) is 20.8 Å². The van der Waals surface area contributed by atoms with Crippen LogP contribution < -0.4 is 15.8 Å². The highest BCUT2D eigenvalue weighted by Crippen LogP contribution is 2.23. The van der Waals surface area contributed by atoms with E-state index in [4.69, 9.17) is 5.73 Å². The second-order valence-electron chi connectivity index (χ2n) is 6.47. The molecule has 0 aliphatic carbocycles. The Kier molecular flexibility index (Phi) is 4.59. The minimum Gasteiger partial charge on any atom is -0.368 e. The Morgan fingerprint density at radius 1 is 1.19 bits per heavy atom. The molecule has 3 aromatic rings. The van der Waals surface area contributed by atoms with Crippen molar-refractivity contribution in [2.75, 3.05) is 15.8 Å². The first-order valence-corrected chi connectivity index (χ1v) is 10.0. The highest BCUT2D eigenvalue weighted by atomic mass is 32.2. The third kappa shape index (κ3) is 3.94. The average molecular weight is 393 g/mol. The topological polar surface area (TPSA) is 128 Å². The lowest BCUT2D eigenvalue weighted by molar-refractivity contribution is 0.362. The monoisotopic (exact) mass is 393 g/mol. The molecule has 3 rings (SSSR count). The van der Waals surface area contributed by atoms with Gasteiger partial charge in [-0.2, -0.15) is 4.98 Å². The summed E-state index contributed by atoms with van der Waals surface area (Å²) in [7, 11) is -3.68. The van der Waals surface area contributed by atoms with Crippen LogP contribution in [-0.4, -0.2) is 28.2 Å². The molecule has 0 aliphatic heterocycles. The molecule has 0 atom stereocenters. The van der Waals surface area contributed by atoms with Crippen molar-refractivity contribution in [3.8, 4) is 0 Å². The smallest absolute Gasteiger partial charge is 0.263 e. The van der Waals surface area contributed by atoms with E-state index in [1.54, 1.807) is 22.2 Å². The molecule has 0 amide bonds. The van der Waals surface area contributed by atoms with Crippen LogP contribution in [0.15, 0.2) is 40.7 Å². The van der Waals surface area contributed by atoms with Crippen molar-refractivity contribution in [3.05, 3.63) is 35.8 Å². The number of rotatable bonds is 5. The molecule has 0 saturated carbocycles. The molecule has 0 fully saturated rings. The Labute approximate surface area is 155 Å². The Morgan fingerprint density at radius 3 is 2.42 bits per heavy atom. The lowest BCUT2D eigenvalue weighted by Gasteiger charge is -2.19. The number of aromatic nitrogens is 4. The SMILES string of the molecule is CC(C)(C)n1nc(Nc2ccc(S(=O)(=O)Nc3nccs3)cc2)nc1N. The summed E-state index contributed by atoms with van der Waals surface area (Å²) in [5.74, 6) is 0.640. The van der Waals surface area contributed by atoms with E-state index in [0.717, 1.165) is 0 Å². The number of anilines is 4. The summed E-state index contributed by atoms with van der Waals surface area (Å²) >= 11 is 1.21. The molecule has 0 spiro atoms. The van der Waals surface area contributed by atoms with Crippen LogP contribution in [0.4, 0.5) is 22.7 Å². The molecule has 0 unspecified atom stereocenters. The van der Waals surface area contributed by atoms with Crippen LogP contribution in [0.25, 0.3) is 0 Å². The van der Waals surface area contributed by atoms with E-state index in [-0.39, 0.29) is 10.4 Å². The van der Waals surface area contributed by atoms with E-state index in [9.17, 15) is 8.42 Å². The molecule has 0 bridgehead atoms. The van der Waals surface area contributed by atoms with Crippen molar-refractivity contribution in [3.63, 3.8) is 0 Å². The largest absolute Gasteiger partial charge is 0.368 e. The molecular weight excluding hydrogens is 374 g/mol. The molecule has 0 saturated heterocycles. The quantitative estimate of drug-likeness (QED) is 0.608.